The summed E-state index contributed by atoms with van der Waals surface area (Å²) < 4.78 is 26.1. The lowest BCUT2D eigenvalue weighted by molar-refractivity contribution is 0.511. The maximum Gasteiger partial charge on any atom is 0.309 e. The Labute approximate surface area is 119 Å². The van der Waals surface area contributed by atoms with Crippen molar-refractivity contribution in [2.75, 3.05) is 14.1 Å². The summed E-state index contributed by atoms with van der Waals surface area (Å²) >= 11 is 11.5. The molecule has 0 bridgehead atoms. The Balaban J connectivity index is 2.95. The molecule has 2 heterocycles. The van der Waals surface area contributed by atoms with Crippen LogP contribution in [0.15, 0.2) is 6.07 Å². The second-order valence-corrected chi connectivity index (χ2v) is 6.46. The van der Waals surface area contributed by atoms with Gasteiger partial charge in [-0.25, -0.2) is 4.98 Å². The minimum atomic E-state index is -3.91. The van der Waals surface area contributed by atoms with E-state index in [2.05, 4.69) is 9.97 Å². The summed E-state index contributed by atoms with van der Waals surface area (Å²) in [4.78, 5) is 7.67. The monoisotopic (exact) mass is 319 g/mol. The molecule has 0 radical (unpaired) electrons. The van der Waals surface area contributed by atoms with Crippen LogP contribution in [0.5, 0.6) is 0 Å². The molecule has 0 atom stereocenters. The lowest BCUT2D eigenvalue weighted by atomic mass is 10.4. The van der Waals surface area contributed by atoms with Crippen molar-refractivity contribution < 1.29 is 8.42 Å². The Morgan fingerprint density at radius 3 is 2.53 bits per heavy atom. The molecule has 100 valence electrons. The molecule has 0 aliphatic carbocycles. The number of nitrogens with zero attached hydrogens (tertiary/aromatic N) is 5. The average Bonchev–Trinajstić information content (AvgIpc) is 2.67. The van der Waals surface area contributed by atoms with Crippen LogP contribution in [0, 0.1) is 11.3 Å². The van der Waals surface area contributed by atoms with Gasteiger partial charge in [-0.15, -0.1) is 0 Å². The molecule has 2 aromatic rings. The van der Waals surface area contributed by atoms with Gasteiger partial charge >= 0.3 is 10.2 Å². The van der Waals surface area contributed by atoms with Crippen LogP contribution in [-0.2, 0) is 10.2 Å². The summed E-state index contributed by atoms with van der Waals surface area (Å²) in [6, 6.07) is 3.01. The Morgan fingerprint density at radius 1 is 1.37 bits per heavy atom. The van der Waals surface area contributed by atoms with Crippen molar-refractivity contribution in [2.24, 2.45) is 0 Å². The number of nitriles is 1. The third kappa shape index (κ3) is 2.15. The molecule has 0 aliphatic rings. The smallest absolute Gasteiger partial charge is 0.213 e. The third-order valence-electron chi connectivity index (χ3n) is 2.31. The minimum absolute atomic E-state index is 0.00874. The molecular formula is C9H7Cl2N5O2S. The number of pyridine rings is 1. The number of aromatic nitrogens is 3. The van der Waals surface area contributed by atoms with Crippen LogP contribution in [-0.4, -0.2) is 40.8 Å². The van der Waals surface area contributed by atoms with Gasteiger partial charge in [0.15, 0.2) is 5.65 Å². The molecule has 0 saturated heterocycles. The zero-order valence-electron chi connectivity index (χ0n) is 9.79. The number of fused-ring (bicyclic) bond motifs is 1. The first-order valence-electron chi connectivity index (χ1n) is 4.86. The predicted molar refractivity (Wildman–Crippen MR) is 70.3 cm³/mol. The van der Waals surface area contributed by atoms with Gasteiger partial charge in [0.05, 0.1) is 5.02 Å². The van der Waals surface area contributed by atoms with Gasteiger partial charge in [0, 0.05) is 14.1 Å². The molecule has 0 N–H and O–H groups in total. The summed E-state index contributed by atoms with van der Waals surface area (Å²) in [5.41, 5.74) is 0.135. The lowest BCUT2D eigenvalue weighted by Crippen LogP contribution is -2.29. The maximum atomic E-state index is 12.2. The van der Waals surface area contributed by atoms with E-state index in [1.807, 2.05) is 0 Å². The van der Waals surface area contributed by atoms with E-state index in [0.29, 0.717) is 0 Å². The summed E-state index contributed by atoms with van der Waals surface area (Å²) in [6.45, 7) is 0. The molecule has 0 amide bonds. The molecule has 2 aromatic heterocycles. The number of halogens is 2. The summed E-state index contributed by atoms with van der Waals surface area (Å²) in [5.74, 6) is -0.311. The van der Waals surface area contributed by atoms with Crippen molar-refractivity contribution >= 4 is 44.6 Å². The average molecular weight is 320 g/mol. The van der Waals surface area contributed by atoms with Crippen molar-refractivity contribution in [2.45, 2.75) is 0 Å². The van der Waals surface area contributed by atoms with E-state index in [9.17, 15) is 8.42 Å². The van der Waals surface area contributed by atoms with E-state index in [4.69, 9.17) is 28.5 Å². The Bertz CT molecular complexity index is 806. The van der Waals surface area contributed by atoms with Gasteiger partial charge in [-0.05, 0) is 6.07 Å². The van der Waals surface area contributed by atoms with Crippen LogP contribution >= 0.6 is 23.2 Å². The minimum Gasteiger partial charge on any atom is -0.213 e. The van der Waals surface area contributed by atoms with Crippen molar-refractivity contribution in [3.05, 3.63) is 22.1 Å². The number of imidazole rings is 1. The van der Waals surface area contributed by atoms with Crippen molar-refractivity contribution in [3.63, 3.8) is 0 Å². The highest BCUT2D eigenvalue weighted by atomic mass is 35.5. The highest BCUT2D eigenvalue weighted by Gasteiger charge is 2.25. The summed E-state index contributed by atoms with van der Waals surface area (Å²) in [7, 11) is -1.23. The fraction of sp³-hybridized carbons (Fsp3) is 0.222. The normalized spacial score (nSPS) is 12.0. The fourth-order valence-electron chi connectivity index (χ4n) is 1.41. The van der Waals surface area contributed by atoms with Crippen LogP contribution in [0.1, 0.15) is 5.82 Å². The molecule has 0 saturated carbocycles. The van der Waals surface area contributed by atoms with Crippen LogP contribution in [0.2, 0.25) is 10.2 Å². The highest BCUT2D eigenvalue weighted by molar-refractivity contribution is 7.87. The number of rotatable bonds is 2. The molecule has 7 nitrogen and oxygen atoms in total. The summed E-state index contributed by atoms with van der Waals surface area (Å²) in [6.07, 6.45) is 0. The van der Waals surface area contributed by atoms with E-state index in [1.165, 1.54) is 20.2 Å². The van der Waals surface area contributed by atoms with Gasteiger partial charge in [-0.2, -0.15) is 26.9 Å². The van der Waals surface area contributed by atoms with Crippen LogP contribution in [0.4, 0.5) is 0 Å². The van der Waals surface area contributed by atoms with E-state index < -0.39 is 10.2 Å². The highest BCUT2D eigenvalue weighted by Crippen LogP contribution is 2.26. The van der Waals surface area contributed by atoms with Gasteiger partial charge in [-0.1, -0.05) is 23.2 Å². The van der Waals surface area contributed by atoms with Crippen molar-refractivity contribution in [1.29, 1.82) is 5.26 Å². The van der Waals surface area contributed by atoms with E-state index in [0.717, 1.165) is 8.28 Å². The van der Waals surface area contributed by atoms with Gasteiger partial charge in [0.25, 0.3) is 0 Å². The zero-order valence-corrected chi connectivity index (χ0v) is 12.1. The first-order valence-corrected chi connectivity index (χ1v) is 7.02. The van der Waals surface area contributed by atoms with Crippen LogP contribution in [0.3, 0.4) is 0 Å². The maximum absolute atomic E-state index is 12.2. The topological polar surface area (TPSA) is 91.9 Å². The zero-order chi connectivity index (χ0) is 14.4. The van der Waals surface area contributed by atoms with Crippen LogP contribution < -0.4 is 0 Å². The molecule has 10 heteroatoms. The second-order valence-electron chi connectivity index (χ2n) is 3.71. The quantitative estimate of drug-likeness (QED) is 0.777. The van der Waals surface area contributed by atoms with E-state index in [1.54, 1.807) is 6.07 Å². The van der Waals surface area contributed by atoms with E-state index in [-0.39, 0.29) is 27.2 Å². The van der Waals surface area contributed by atoms with Crippen molar-refractivity contribution in [3.8, 4) is 6.07 Å². The molecule has 19 heavy (non-hydrogen) atoms. The largest absolute Gasteiger partial charge is 0.309 e. The van der Waals surface area contributed by atoms with Gasteiger partial charge < -0.3 is 0 Å². The van der Waals surface area contributed by atoms with Crippen molar-refractivity contribution in [1.82, 2.24) is 18.2 Å². The fourth-order valence-corrected chi connectivity index (χ4v) is 2.70. The van der Waals surface area contributed by atoms with Gasteiger partial charge in [0.1, 0.15) is 16.7 Å². The van der Waals surface area contributed by atoms with E-state index >= 15 is 0 Å². The molecular weight excluding hydrogens is 313 g/mol. The van der Waals surface area contributed by atoms with Crippen LogP contribution in [0.25, 0.3) is 11.2 Å². The first-order chi connectivity index (χ1) is 8.78. The standard InChI is InChI=1S/C9H7Cl2N5O2S/c1-15(2)19(17,18)16-6-3-5(10)8(11)14-9(6)13-7(16)4-12/h3H,1-2H3. The summed E-state index contributed by atoms with van der Waals surface area (Å²) in [5, 5.41) is 9.06. The molecule has 0 aromatic carbocycles. The number of hydrogen-bond acceptors (Lipinski definition) is 5. The molecule has 0 aliphatic heterocycles. The second kappa shape index (κ2) is 4.61. The lowest BCUT2D eigenvalue weighted by Gasteiger charge is -2.13. The SMILES string of the molecule is CN(C)S(=O)(=O)n1c(C#N)nc2nc(Cl)c(Cl)cc21. The first kappa shape index (κ1) is 14.0. The Hall–Kier alpha value is -1.40. The number of hydrogen-bond donors (Lipinski definition) is 0. The van der Waals surface area contributed by atoms with Gasteiger partial charge in [0.2, 0.25) is 5.82 Å². The molecule has 2 rings (SSSR count). The molecule has 0 fully saturated rings. The Kier molecular flexibility index (Phi) is 3.40. The Morgan fingerprint density at radius 2 is 2.00 bits per heavy atom. The van der Waals surface area contributed by atoms with Gasteiger partial charge in [-0.3, -0.25) is 0 Å². The predicted octanol–water partition coefficient (Wildman–Crippen LogP) is 1.26. The molecule has 0 spiro atoms. The third-order valence-corrected chi connectivity index (χ3v) is 4.74. The molecule has 0 unspecified atom stereocenters.